The molecule has 0 aromatic heterocycles. The van der Waals surface area contributed by atoms with Crippen LogP contribution in [0.4, 0.5) is 4.79 Å². The van der Waals surface area contributed by atoms with Gasteiger partial charge in [-0.2, -0.15) is 0 Å². The molecule has 0 saturated carbocycles. The molecule has 3 N–H and O–H groups in total. The fourth-order valence-corrected chi connectivity index (χ4v) is 1.35. The zero-order chi connectivity index (χ0) is 14.3. The second-order valence-electron chi connectivity index (χ2n) is 5.06. The number of carbonyl (C=O) groups excluding carboxylic acids is 1. The minimum Gasteiger partial charge on any atom is -0.444 e. The van der Waals surface area contributed by atoms with Crippen LogP contribution in [0.5, 0.6) is 0 Å². The third-order valence-electron chi connectivity index (χ3n) is 2.12. The highest BCUT2D eigenvalue weighted by molar-refractivity contribution is 5.68. The first-order valence-electron chi connectivity index (χ1n) is 6.15. The summed E-state index contributed by atoms with van der Waals surface area (Å²) < 4.78 is 5.09. The Bertz CT molecular complexity index is 493. The number of benzene rings is 1. The molecule has 1 rings (SSSR count). The molecule has 0 radical (unpaired) electrons. The zero-order valence-electron chi connectivity index (χ0n) is 11.6. The summed E-state index contributed by atoms with van der Waals surface area (Å²) in [7, 11) is 0. The molecule has 1 aromatic rings. The SMILES string of the molecule is CC(C)(C)OC(=O)NCC#Cc1cccc(CN)c1. The van der Waals surface area contributed by atoms with Gasteiger partial charge in [-0.1, -0.05) is 24.0 Å². The Labute approximate surface area is 114 Å². The summed E-state index contributed by atoms with van der Waals surface area (Å²) in [6.07, 6.45) is -0.461. The van der Waals surface area contributed by atoms with Crippen LogP contribution in [0.3, 0.4) is 0 Å². The molecule has 4 heteroatoms. The molecule has 0 heterocycles. The Balaban J connectivity index is 2.45. The van der Waals surface area contributed by atoms with Gasteiger partial charge in [0.15, 0.2) is 0 Å². The van der Waals surface area contributed by atoms with Crippen molar-refractivity contribution in [2.75, 3.05) is 6.54 Å². The second kappa shape index (κ2) is 6.81. The Morgan fingerprint density at radius 2 is 2.16 bits per heavy atom. The fraction of sp³-hybridized carbons (Fsp3) is 0.400. The molecule has 0 aliphatic heterocycles. The van der Waals surface area contributed by atoms with Crippen molar-refractivity contribution in [3.63, 3.8) is 0 Å². The molecule has 102 valence electrons. The van der Waals surface area contributed by atoms with Gasteiger partial charge in [-0.05, 0) is 38.5 Å². The summed E-state index contributed by atoms with van der Waals surface area (Å²) >= 11 is 0. The van der Waals surface area contributed by atoms with Gasteiger partial charge in [0.2, 0.25) is 0 Å². The van der Waals surface area contributed by atoms with E-state index in [1.165, 1.54) is 0 Å². The largest absolute Gasteiger partial charge is 0.444 e. The van der Waals surface area contributed by atoms with E-state index in [1.807, 2.05) is 45.0 Å². The maximum absolute atomic E-state index is 11.4. The molecule has 0 fully saturated rings. The molecule has 0 spiro atoms. The predicted molar refractivity (Wildman–Crippen MR) is 75.4 cm³/mol. The number of nitrogens with two attached hydrogens (primary N) is 1. The monoisotopic (exact) mass is 260 g/mol. The van der Waals surface area contributed by atoms with E-state index in [0.29, 0.717) is 6.54 Å². The van der Waals surface area contributed by atoms with Crippen LogP contribution >= 0.6 is 0 Å². The third-order valence-corrected chi connectivity index (χ3v) is 2.12. The number of hydrogen-bond donors (Lipinski definition) is 2. The number of alkyl carbamates (subject to hydrolysis) is 1. The van der Waals surface area contributed by atoms with Gasteiger partial charge in [0.1, 0.15) is 5.60 Å². The Morgan fingerprint density at radius 1 is 1.42 bits per heavy atom. The average molecular weight is 260 g/mol. The summed E-state index contributed by atoms with van der Waals surface area (Å²) in [4.78, 5) is 11.4. The van der Waals surface area contributed by atoms with Crippen molar-refractivity contribution < 1.29 is 9.53 Å². The van der Waals surface area contributed by atoms with E-state index in [-0.39, 0.29) is 6.54 Å². The highest BCUT2D eigenvalue weighted by Crippen LogP contribution is 2.06. The Morgan fingerprint density at radius 3 is 2.79 bits per heavy atom. The molecule has 0 atom stereocenters. The van der Waals surface area contributed by atoms with E-state index < -0.39 is 11.7 Å². The lowest BCUT2D eigenvalue weighted by molar-refractivity contribution is 0.0535. The van der Waals surface area contributed by atoms with Gasteiger partial charge < -0.3 is 15.8 Å². The van der Waals surface area contributed by atoms with E-state index in [0.717, 1.165) is 11.1 Å². The summed E-state index contributed by atoms with van der Waals surface area (Å²) in [5.74, 6) is 5.83. The predicted octanol–water partition coefficient (Wildman–Crippen LogP) is 2.02. The molecule has 19 heavy (non-hydrogen) atoms. The average Bonchev–Trinajstić information content (AvgIpc) is 2.33. The molecule has 4 nitrogen and oxygen atoms in total. The number of hydrogen-bond acceptors (Lipinski definition) is 3. The van der Waals surface area contributed by atoms with E-state index in [4.69, 9.17) is 10.5 Å². The molecular weight excluding hydrogens is 240 g/mol. The van der Waals surface area contributed by atoms with E-state index >= 15 is 0 Å². The van der Waals surface area contributed by atoms with Crippen LogP contribution in [-0.2, 0) is 11.3 Å². The van der Waals surface area contributed by atoms with Crippen LogP contribution in [0, 0.1) is 11.8 Å². The Hall–Kier alpha value is -1.99. The van der Waals surface area contributed by atoms with Crippen LogP contribution in [0.25, 0.3) is 0 Å². The standard InChI is InChI=1S/C15H20N2O2/c1-15(2,3)19-14(18)17-9-5-8-12-6-4-7-13(10-12)11-16/h4,6-7,10H,9,11,16H2,1-3H3,(H,17,18). The maximum atomic E-state index is 11.4. The lowest BCUT2D eigenvalue weighted by Gasteiger charge is -2.18. The number of ether oxygens (including phenoxy) is 1. The van der Waals surface area contributed by atoms with Crippen LogP contribution in [0.15, 0.2) is 24.3 Å². The minimum absolute atomic E-state index is 0.252. The van der Waals surface area contributed by atoms with E-state index in [9.17, 15) is 4.79 Å². The van der Waals surface area contributed by atoms with E-state index in [2.05, 4.69) is 17.2 Å². The number of amides is 1. The van der Waals surface area contributed by atoms with Gasteiger partial charge in [-0.15, -0.1) is 0 Å². The highest BCUT2D eigenvalue weighted by Gasteiger charge is 2.14. The van der Waals surface area contributed by atoms with Crippen molar-refractivity contribution in [1.82, 2.24) is 5.32 Å². The second-order valence-corrected chi connectivity index (χ2v) is 5.06. The topological polar surface area (TPSA) is 64.3 Å². The summed E-state index contributed by atoms with van der Waals surface area (Å²) in [6.45, 7) is 6.19. The number of rotatable bonds is 2. The van der Waals surface area contributed by atoms with Gasteiger partial charge in [-0.25, -0.2) is 4.79 Å². The van der Waals surface area contributed by atoms with Crippen LogP contribution in [0.2, 0.25) is 0 Å². The number of carbonyl (C=O) groups is 1. The first-order valence-corrected chi connectivity index (χ1v) is 6.15. The van der Waals surface area contributed by atoms with Crippen molar-refractivity contribution in [2.45, 2.75) is 32.9 Å². The lowest BCUT2D eigenvalue weighted by Crippen LogP contribution is -2.32. The first-order chi connectivity index (χ1) is 8.90. The van der Waals surface area contributed by atoms with E-state index in [1.54, 1.807) is 0 Å². The van der Waals surface area contributed by atoms with Crippen LogP contribution in [-0.4, -0.2) is 18.2 Å². The fourth-order valence-electron chi connectivity index (χ4n) is 1.35. The number of nitrogens with one attached hydrogen (secondary N) is 1. The molecule has 0 saturated heterocycles. The van der Waals surface area contributed by atoms with Gasteiger partial charge in [0.05, 0.1) is 6.54 Å². The van der Waals surface area contributed by atoms with Gasteiger partial charge in [0.25, 0.3) is 0 Å². The molecular formula is C15H20N2O2. The smallest absolute Gasteiger partial charge is 0.408 e. The molecule has 0 aliphatic rings. The summed E-state index contributed by atoms with van der Waals surface area (Å²) in [5.41, 5.74) is 6.97. The minimum atomic E-state index is -0.493. The molecule has 0 unspecified atom stereocenters. The molecule has 1 amide bonds. The lowest BCUT2D eigenvalue weighted by atomic mass is 10.1. The quantitative estimate of drug-likeness (QED) is 0.800. The summed E-state index contributed by atoms with van der Waals surface area (Å²) in [6, 6.07) is 7.69. The Kier molecular flexibility index (Phi) is 5.40. The normalized spacial score (nSPS) is 10.3. The zero-order valence-corrected chi connectivity index (χ0v) is 11.6. The van der Waals surface area contributed by atoms with Crippen LogP contribution < -0.4 is 11.1 Å². The third kappa shape index (κ3) is 6.49. The highest BCUT2D eigenvalue weighted by atomic mass is 16.6. The van der Waals surface area contributed by atoms with Crippen molar-refractivity contribution in [3.8, 4) is 11.8 Å². The maximum Gasteiger partial charge on any atom is 0.408 e. The van der Waals surface area contributed by atoms with Crippen molar-refractivity contribution in [3.05, 3.63) is 35.4 Å². The molecule has 1 aromatic carbocycles. The van der Waals surface area contributed by atoms with Crippen molar-refractivity contribution in [1.29, 1.82) is 0 Å². The van der Waals surface area contributed by atoms with Crippen molar-refractivity contribution >= 4 is 6.09 Å². The van der Waals surface area contributed by atoms with Gasteiger partial charge in [0, 0.05) is 12.1 Å². The van der Waals surface area contributed by atoms with Gasteiger partial charge in [-0.3, -0.25) is 0 Å². The van der Waals surface area contributed by atoms with Crippen LogP contribution in [0.1, 0.15) is 31.9 Å². The van der Waals surface area contributed by atoms with Crippen molar-refractivity contribution in [2.24, 2.45) is 5.73 Å². The molecule has 0 bridgehead atoms. The first kappa shape index (κ1) is 15.1. The summed E-state index contributed by atoms with van der Waals surface area (Å²) in [5, 5.41) is 2.58. The molecule has 0 aliphatic carbocycles. The van der Waals surface area contributed by atoms with Gasteiger partial charge >= 0.3 is 6.09 Å².